The number of rotatable bonds is 3. The summed E-state index contributed by atoms with van der Waals surface area (Å²) in [4.78, 5) is 2.63. The van der Waals surface area contributed by atoms with Crippen molar-refractivity contribution >= 4 is 0 Å². The zero-order chi connectivity index (χ0) is 9.90. The van der Waals surface area contributed by atoms with Crippen LogP contribution >= 0.6 is 0 Å². The molecule has 1 aliphatic heterocycles. The van der Waals surface area contributed by atoms with Gasteiger partial charge in [-0.15, -0.1) is 0 Å². The Kier molecular flexibility index (Phi) is 3.74. The molecule has 1 aliphatic rings. The Morgan fingerprint density at radius 1 is 1.23 bits per heavy atom. The van der Waals surface area contributed by atoms with E-state index in [0.29, 0.717) is 0 Å². The third kappa shape index (κ3) is 2.68. The van der Waals surface area contributed by atoms with Crippen molar-refractivity contribution in [1.82, 2.24) is 4.90 Å². The first-order valence-electron chi connectivity index (χ1n) is 5.69. The topological polar surface area (TPSA) is 3.24 Å². The zero-order valence-corrected chi connectivity index (χ0v) is 9.71. The Labute approximate surface area is 83.1 Å². The zero-order valence-electron chi connectivity index (χ0n) is 9.71. The fraction of sp³-hybridized carbons (Fsp3) is 1.00. The van der Waals surface area contributed by atoms with Gasteiger partial charge in [0.05, 0.1) is 26.7 Å². The van der Waals surface area contributed by atoms with Gasteiger partial charge >= 0.3 is 0 Å². The Balaban J connectivity index is 2.38. The van der Waals surface area contributed by atoms with Crippen LogP contribution in [-0.2, 0) is 0 Å². The SMILES string of the molecule is CCC(C)N1CC[N+](C)(CC)CC1. The smallest absolute Gasteiger partial charge is 0.0914 e. The van der Waals surface area contributed by atoms with E-state index in [2.05, 4.69) is 32.7 Å². The minimum absolute atomic E-state index is 0.783. The summed E-state index contributed by atoms with van der Waals surface area (Å²) in [7, 11) is 2.38. The fourth-order valence-corrected chi connectivity index (χ4v) is 1.98. The van der Waals surface area contributed by atoms with E-state index in [0.717, 1.165) is 6.04 Å². The van der Waals surface area contributed by atoms with Crippen molar-refractivity contribution in [2.75, 3.05) is 39.8 Å². The van der Waals surface area contributed by atoms with Crippen LogP contribution in [0.5, 0.6) is 0 Å². The monoisotopic (exact) mass is 185 g/mol. The van der Waals surface area contributed by atoms with Crippen molar-refractivity contribution in [3.63, 3.8) is 0 Å². The molecular formula is C11H25N2+. The first-order valence-corrected chi connectivity index (χ1v) is 5.69. The lowest BCUT2D eigenvalue weighted by atomic mass is 10.1. The maximum atomic E-state index is 2.63. The van der Waals surface area contributed by atoms with Gasteiger partial charge in [0.1, 0.15) is 0 Å². The Morgan fingerprint density at radius 3 is 2.15 bits per heavy atom. The van der Waals surface area contributed by atoms with E-state index >= 15 is 0 Å². The minimum Gasteiger partial charge on any atom is -0.324 e. The van der Waals surface area contributed by atoms with Crippen LogP contribution in [0.4, 0.5) is 0 Å². The molecule has 1 rings (SSSR count). The van der Waals surface area contributed by atoms with Crippen LogP contribution in [0.15, 0.2) is 0 Å². The van der Waals surface area contributed by atoms with Gasteiger partial charge < -0.3 is 4.48 Å². The molecule has 0 saturated carbocycles. The Bertz CT molecular complexity index is 148. The molecule has 1 heterocycles. The highest BCUT2D eigenvalue weighted by atomic mass is 15.4. The van der Waals surface area contributed by atoms with Gasteiger partial charge in [0, 0.05) is 19.1 Å². The molecular weight excluding hydrogens is 160 g/mol. The molecule has 0 N–H and O–H groups in total. The number of quaternary nitrogens is 1. The number of nitrogens with zero attached hydrogens (tertiary/aromatic N) is 2. The van der Waals surface area contributed by atoms with Crippen molar-refractivity contribution < 1.29 is 4.48 Å². The predicted octanol–water partition coefficient (Wildman–Crippen LogP) is 1.57. The summed E-state index contributed by atoms with van der Waals surface area (Å²) in [6, 6.07) is 0.783. The second-order valence-corrected chi connectivity index (χ2v) is 4.68. The molecule has 13 heavy (non-hydrogen) atoms. The third-order valence-electron chi connectivity index (χ3n) is 3.83. The highest BCUT2D eigenvalue weighted by molar-refractivity contribution is 4.68. The van der Waals surface area contributed by atoms with Crippen LogP contribution < -0.4 is 0 Å². The maximum Gasteiger partial charge on any atom is 0.0914 e. The molecule has 1 saturated heterocycles. The third-order valence-corrected chi connectivity index (χ3v) is 3.83. The molecule has 2 heteroatoms. The predicted molar refractivity (Wildman–Crippen MR) is 57.8 cm³/mol. The number of hydrogen-bond donors (Lipinski definition) is 0. The fourth-order valence-electron chi connectivity index (χ4n) is 1.98. The lowest BCUT2D eigenvalue weighted by Crippen LogP contribution is -2.58. The summed E-state index contributed by atoms with van der Waals surface area (Å²) in [6.45, 7) is 13.5. The lowest BCUT2D eigenvalue weighted by molar-refractivity contribution is -0.912. The van der Waals surface area contributed by atoms with Crippen LogP contribution in [0.25, 0.3) is 0 Å². The molecule has 0 amide bonds. The molecule has 1 fully saturated rings. The van der Waals surface area contributed by atoms with Crippen LogP contribution in [0.1, 0.15) is 27.2 Å². The lowest BCUT2D eigenvalue weighted by Gasteiger charge is -2.43. The largest absolute Gasteiger partial charge is 0.324 e. The number of piperazine rings is 1. The van der Waals surface area contributed by atoms with E-state index < -0.39 is 0 Å². The minimum atomic E-state index is 0.783. The van der Waals surface area contributed by atoms with Gasteiger partial charge in [-0.3, -0.25) is 4.90 Å². The summed E-state index contributed by atoms with van der Waals surface area (Å²) >= 11 is 0. The van der Waals surface area contributed by atoms with Crippen molar-refractivity contribution in [3.05, 3.63) is 0 Å². The molecule has 0 aromatic rings. The maximum absolute atomic E-state index is 2.63. The van der Waals surface area contributed by atoms with Crippen molar-refractivity contribution in [3.8, 4) is 0 Å². The Hall–Kier alpha value is -0.0800. The van der Waals surface area contributed by atoms with Crippen molar-refractivity contribution in [2.24, 2.45) is 0 Å². The highest BCUT2D eigenvalue weighted by Crippen LogP contribution is 2.13. The first-order chi connectivity index (χ1) is 6.11. The van der Waals surface area contributed by atoms with Gasteiger partial charge in [-0.2, -0.15) is 0 Å². The molecule has 0 radical (unpaired) electrons. The van der Waals surface area contributed by atoms with E-state index in [4.69, 9.17) is 0 Å². The van der Waals surface area contributed by atoms with Crippen molar-refractivity contribution in [1.29, 1.82) is 0 Å². The van der Waals surface area contributed by atoms with Gasteiger partial charge in [-0.1, -0.05) is 6.92 Å². The van der Waals surface area contributed by atoms with Gasteiger partial charge in [0.15, 0.2) is 0 Å². The van der Waals surface area contributed by atoms with Crippen LogP contribution in [0, 0.1) is 0 Å². The standard InChI is InChI=1S/C11H25N2/c1-5-11(3)12-7-9-13(4,6-2)10-8-12/h11H,5-10H2,1-4H3/q+1. The van der Waals surface area contributed by atoms with Crippen LogP contribution in [-0.4, -0.2) is 55.2 Å². The highest BCUT2D eigenvalue weighted by Gasteiger charge is 2.28. The average Bonchev–Trinajstić information content (AvgIpc) is 2.18. The van der Waals surface area contributed by atoms with Gasteiger partial charge in [0.25, 0.3) is 0 Å². The van der Waals surface area contributed by atoms with Crippen LogP contribution in [0.3, 0.4) is 0 Å². The molecule has 0 aromatic heterocycles. The summed E-state index contributed by atoms with van der Waals surface area (Å²) in [5.74, 6) is 0. The number of likely N-dealkylation sites (N-methyl/N-ethyl adjacent to an activating group) is 1. The molecule has 0 aliphatic carbocycles. The second-order valence-electron chi connectivity index (χ2n) is 4.68. The normalized spacial score (nSPS) is 25.8. The number of hydrogen-bond acceptors (Lipinski definition) is 1. The quantitative estimate of drug-likeness (QED) is 0.603. The summed E-state index contributed by atoms with van der Waals surface area (Å²) in [5.41, 5.74) is 0. The van der Waals surface area contributed by atoms with Gasteiger partial charge in [0.2, 0.25) is 0 Å². The molecule has 1 atom stereocenters. The first kappa shape index (κ1) is 11.0. The van der Waals surface area contributed by atoms with E-state index in [9.17, 15) is 0 Å². The molecule has 2 nitrogen and oxygen atoms in total. The molecule has 0 spiro atoms. The molecule has 78 valence electrons. The van der Waals surface area contributed by atoms with Gasteiger partial charge in [-0.25, -0.2) is 0 Å². The summed E-state index contributed by atoms with van der Waals surface area (Å²) in [6.07, 6.45) is 1.29. The van der Waals surface area contributed by atoms with E-state index in [-0.39, 0.29) is 0 Å². The summed E-state index contributed by atoms with van der Waals surface area (Å²) < 4.78 is 1.27. The van der Waals surface area contributed by atoms with Crippen molar-refractivity contribution in [2.45, 2.75) is 33.2 Å². The van der Waals surface area contributed by atoms with Crippen LogP contribution in [0.2, 0.25) is 0 Å². The van der Waals surface area contributed by atoms with E-state index in [1.54, 1.807) is 0 Å². The molecule has 0 bridgehead atoms. The second kappa shape index (κ2) is 4.43. The Morgan fingerprint density at radius 2 is 1.77 bits per heavy atom. The molecule has 0 aromatic carbocycles. The van der Waals surface area contributed by atoms with E-state index in [1.807, 2.05) is 0 Å². The summed E-state index contributed by atoms with van der Waals surface area (Å²) in [5, 5.41) is 0. The van der Waals surface area contributed by atoms with Gasteiger partial charge in [-0.05, 0) is 20.3 Å². The average molecular weight is 185 g/mol. The van der Waals surface area contributed by atoms with E-state index in [1.165, 1.54) is 43.6 Å². The molecule has 1 unspecified atom stereocenters.